The van der Waals surface area contributed by atoms with Gasteiger partial charge in [-0.05, 0) is 141 Å². The maximum Gasteiger partial charge on any atom is 1.00 e. The summed E-state index contributed by atoms with van der Waals surface area (Å²) in [6, 6.07) is 19.8. The number of nitrogen functional groups attached to an aromatic ring is 1. The van der Waals surface area contributed by atoms with E-state index in [0.29, 0.717) is 31.3 Å². The first-order valence-corrected chi connectivity index (χ1v) is 26.4. The molecule has 0 aliphatic heterocycles. The van der Waals surface area contributed by atoms with Gasteiger partial charge in [0.05, 0.1) is 23.2 Å². The second kappa shape index (κ2) is 28.5. The second-order valence-electron chi connectivity index (χ2n) is 14.3. The zero-order valence-corrected chi connectivity index (χ0v) is 50.9. The number of aryl methyl sites for hydroxylation is 2. The van der Waals surface area contributed by atoms with E-state index in [9.17, 15) is 13.5 Å². The molecule has 0 saturated carbocycles. The van der Waals surface area contributed by atoms with Crippen molar-refractivity contribution < 1.29 is 134 Å². The van der Waals surface area contributed by atoms with Crippen molar-refractivity contribution in [3.8, 4) is 22.3 Å². The molecule has 2 aromatic carbocycles. The number of anilines is 3. The van der Waals surface area contributed by atoms with Gasteiger partial charge in [0.15, 0.2) is 0 Å². The molecule has 0 unspecified atom stereocenters. The van der Waals surface area contributed by atoms with Gasteiger partial charge < -0.3 is 40.9 Å². The van der Waals surface area contributed by atoms with Crippen LogP contribution in [0.4, 0.5) is 21.6 Å². The van der Waals surface area contributed by atoms with E-state index >= 15 is 0 Å². The molecular weight excluding hydrogens is 1150 g/mol. The van der Waals surface area contributed by atoms with Gasteiger partial charge in [0.1, 0.15) is 36.5 Å². The van der Waals surface area contributed by atoms with Crippen LogP contribution in [0.15, 0.2) is 107 Å². The van der Waals surface area contributed by atoms with Crippen LogP contribution in [0.25, 0.3) is 44.3 Å². The number of carbonyl (C=O) groups excluding carboxylic acids is 1. The fraction of sp³-hybridized carbons (Fsp3) is 0.167. The Labute approximate surface area is 506 Å². The minimum atomic E-state index is -2.59. The smallest absolute Gasteiger partial charge is 1.00 e. The molecule has 344 valence electrons. The number of aromatic nitrogens is 8. The first-order valence-electron chi connectivity index (χ1n) is 19.2. The first-order chi connectivity index (χ1) is 31.1. The molecule has 67 heavy (non-hydrogen) atoms. The molecule has 8 rings (SSSR count). The Morgan fingerprint density at radius 3 is 1.64 bits per heavy atom. The number of halogens is 6. The number of rotatable bonds is 7. The maximum absolute atomic E-state index is 13.0. The Bertz CT molecular complexity index is 3090. The molecule has 15 nitrogen and oxygen atoms in total. The third kappa shape index (κ3) is 17.6. The summed E-state index contributed by atoms with van der Waals surface area (Å²) in [5, 5.41) is 15.9. The SMILES string of the molecule is Clc1ncc(Br)c(Cl)n1.Cn1ccc2cc(-c3ccc(N)c(P(C)(C)=O)c3)cnc21.Cn1ccc2cc(-c3ccc(Nc4nc(Cl)ncc4Br)c(P(C)(C)=O)c3)cnc21.O=CO[O-].[2H]CF.[H-].[K+].[K+]. The molecule has 0 amide bonds. The predicted molar refractivity (Wildman–Crippen MR) is 268 cm³/mol. The number of hydrogen-bond acceptors (Lipinski definition) is 13. The Morgan fingerprint density at radius 1 is 0.746 bits per heavy atom. The van der Waals surface area contributed by atoms with Gasteiger partial charge in [-0.3, -0.25) is 9.18 Å². The zero-order valence-electron chi connectivity index (χ0n) is 39.4. The maximum atomic E-state index is 13.0. The van der Waals surface area contributed by atoms with Crippen molar-refractivity contribution in [2.75, 3.05) is 44.9 Å². The predicted octanol–water partition coefficient (Wildman–Crippen LogP) is 4.20. The van der Waals surface area contributed by atoms with Crippen LogP contribution in [0.1, 0.15) is 2.80 Å². The van der Waals surface area contributed by atoms with E-state index in [4.69, 9.17) is 52.0 Å². The van der Waals surface area contributed by atoms with Crippen molar-refractivity contribution in [3.63, 3.8) is 0 Å². The summed E-state index contributed by atoms with van der Waals surface area (Å²) < 4.78 is 46.2. The minimum absolute atomic E-state index is 0. The van der Waals surface area contributed by atoms with Crippen LogP contribution in [-0.2, 0) is 32.9 Å². The van der Waals surface area contributed by atoms with Gasteiger partial charge in [-0.25, -0.2) is 24.9 Å². The van der Waals surface area contributed by atoms with Crippen LogP contribution >= 0.6 is 80.9 Å². The third-order valence-corrected chi connectivity index (χ3v) is 14.1. The zero-order chi connectivity index (χ0) is 48.9. The van der Waals surface area contributed by atoms with Crippen molar-refractivity contribution in [3.05, 3.63) is 123 Å². The molecule has 0 fully saturated rings. The van der Waals surface area contributed by atoms with Crippen molar-refractivity contribution in [1.82, 2.24) is 39.0 Å². The Balaban J connectivity index is 0.000000519. The number of nitrogens with one attached hydrogen (secondary N) is 1. The second-order valence-corrected chi connectivity index (χ2v) is 23.4. The summed E-state index contributed by atoms with van der Waals surface area (Å²) >= 11 is 23.4. The van der Waals surface area contributed by atoms with Crippen LogP contribution in [0.2, 0.25) is 15.7 Å². The monoisotopic (exact) mass is 1190 g/mol. The van der Waals surface area contributed by atoms with Crippen LogP contribution in [0, 0.1) is 0 Å². The molecule has 3 N–H and O–H groups in total. The topological polar surface area (TPSA) is 209 Å². The molecule has 0 aliphatic rings. The third-order valence-electron chi connectivity index (χ3n) is 8.95. The van der Waals surface area contributed by atoms with E-state index in [1.54, 1.807) is 32.9 Å². The first kappa shape index (κ1) is 59.8. The number of nitrogens with two attached hydrogens (primary N) is 1. The fourth-order valence-electron chi connectivity index (χ4n) is 5.96. The number of carbonyl (C=O) groups is 1. The quantitative estimate of drug-likeness (QED) is 0.0336. The summed E-state index contributed by atoms with van der Waals surface area (Å²) in [7, 11) is -2.05. The molecular formula is C42H42Br2Cl3FK2N10O5P2. The Kier molecular flexibility index (Phi) is 25.5. The standard InChI is InChI=1S/C20H18BrClN5OP.C16H18N3OP.C4HBrCl2N2.CH3F.CH2O3.2K.H/c1-27-7-6-13-8-14(10-23-19(13)27)12-4-5-16(17(9-12)29(2,3)28)25-18-15(21)11-24-20(22)26-18;1-19-7-6-12-8-13(10-18-16(12)19)11-4-5-14(17)15(9-11)21(2,3)20;5-2-1-8-4(7)9-3(2)6;1-2;2-1-4-3;;;/h4-11H,1-3H3,(H,24,25,26);4-10H,17H2,1-3H3;1H;1H3;1,3H;;;/q;;;;;2*+1;-1/p-1/i;;;1D;;;;. The van der Waals surface area contributed by atoms with E-state index in [1.165, 1.54) is 6.20 Å². The van der Waals surface area contributed by atoms with Gasteiger partial charge in [-0.1, -0.05) is 23.7 Å². The molecule has 0 radical (unpaired) electrons. The van der Waals surface area contributed by atoms with Crippen molar-refractivity contribution in [2.24, 2.45) is 14.1 Å². The van der Waals surface area contributed by atoms with Gasteiger partial charge >= 0.3 is 103 Å². The van der Waals surface area contributed by atoms with Crippen LogP contribution in [0.5, 0.6) is 0 Å². The van der Waals surface area contributed by atoms with Gasteiger partial charge in [0, 0.05) is 89.5 Å². The van der Waals surface area contributed by atoms with E-state index in [2.05, 4.69) is 84.1 Å². The van der Waals surface area contributed by atoms with E-state index in [0.717, 1.165) is 54.9 Å². The molecule has 6 aromatic heterocycles. The molecule has 0 spiro atoms. The van der Waals surface area contributed by atoms with Gasteiger partial charge in [0.2, 0.25) is 10.6 Å². The van der Waals surface area contributed by atoms with Crippen molar-refractivity contribution >= 4 is 137 Å². The molecule has 0 atom stereocenters. The number of benzene rings is 2. The van der Waals surface area contributed by atoms with Gasteiger partial charge in [0.25, 0.3) is 6.47 Å². The van der Waals surface area contributed by atoms with Crippen LogP contribution in [-0.4, -0.2) is 79.3 Å². The summed E-state index contributed by atoms with van der Waals surface area (Å²) in [5.74, 6) is 0.514. The molecule has 6 heterocycles. The van der Waals surface area contributed by atoms with Crippen LogP contribution < -0.4 is 130 Å². The van der Waals surface area contributed by atoms with Crippen molar-refractivity contribution in [2.45, 2.75) is 0 Å². The summed E-state index contributed by atoms with van der Waals surface area (Å²) in [6.45, 7) is 6.79. The largest absolute Gasteiger partial charge is 1.00 e. The number of nitrogens with zero attached hydrogens (tertiary/aromatic N) is 8. The molecule has 0 aliphatic carbocycles. The molecule has 25 heteroatoms. The Morgan fingerprint density at radius 2 is 1.19 bits per heavy atom. The number of alkyl halides is 1. The normalized spacial score (nSPS) is 10.7. The van der Waals surface area contributed by atoms with E-state index in [1.807, 2.05) is 96.5 Å². The van der Waals surface area contributed by atoms with Crippen LogP contribution in [0.3, 0.4) is 0 Å². The summed E-state index contributed by atoms with van der Waals surface area (Å²) in [4.78, 5) is 35.8. The number of fused-ring (bicyclic) bond motifs is 2. The summed E-state index contributed by atoms with van der Waals surface area (Å²) in [5.41, 5.74) is 13.0. The van der Waals surface area contributed by atoms with Crippen molar-refractivity contribution in [1.29, 1.82) is 0 Å². The number of hydrogen-bond donors (Lipinski definition) is 2. The minimum Gasteiger partial charge on any atom is -1.00 e. The average Bonchev–Trinajstić information content (AvgIpc) is 3.84. The molecule has 0 saturated heterocycles. The van der Waals surface area contributed by atoms with Gasteiger partial charge in [-0.15, -0.1) is 0 Å². The molecule has 8 aromatic rings. The van der Waals surface area contributed by atoms with E-state index < -0.39 is 21.4 Å². The fourth-order valence-corrected chi connectivity index (χ4v) is 9.19. The number of pyridine rings is 2. The van der Waals surface area contributed by atoms with E-state index in [-0.39, 0.29) is 121 Å². The average molecular weight is 1190 g/mol. The Hall–Kier alpha value is -1.50. The summed E-state index contributed by atoms with van der Waals surface area (Å²) in [6.07, 6.45) is 10.7. The van der Waals surface area contributed by atoms with Gasteiger partial charge in [-0.2, -0.15) is 4.98 Å². The molecule has 0 bridgehead atoms.